The normalized spacial score (nSPS) is 12.8. The van der Waals surface area contributed by atoms with Crippen LogP contribution in [0.1, 0.15) is 42.6 Å². The van der Waals surface area contributed by atoms with E-state index < -0.39 is 5.97 Å². The van der Waals surface area contributed by atoms with Crippen LogP contribution in [0, 0.1) is 0 Å². The van der Waals surface area contributed by atoms with Gasteiger partial charge in [0.1, 0.15) is 0 Å². The van der Waals surface area contributed by atoms with Crippen molar-refractivity contribution in [3.8, 4) is 0 Å². The van der Waals surface area contributed by atoms with Crippen LogP contribution >= 0.6 is 0 Å². The molecule has 0 unspecified atom stereocenters. The summed E-state index contributed by atoms with van der Waals surface area (Å²) in [6, 6.07) is 5.43. The molecule has 0 atom stereocenters. The van der Waals surface area contributed by atoms with Crippen LogP contribution in [0.2, 0.25) is 0 Å². The third-order valence-corrected chi connectivity index (χ3v) is 4.40. The van der Waals surface area contributed by atoms with Gasteiger partial charge in [-0.1, -0.05) is 0 Å². The van der Waals surface area contributed by atoms with Gasteiger partial charge in [-0.3, -0.25) is 14.4 Å². The second-order valence-corrected chi connectivity index (χ2v) is 5.90. The van der Waals surface area contributed by atoms with Crippen LogP contribution in [-0.2, 0) is 16.0 Å². The SMILES string of the molecule is CCN(CC)C(=O)CN1CCc2cc(C(=O)CCC(=O)O)ccc21. The number of carboxylic acid groups (broad SMARTS) is 1. The van der Waals surface area contributed by atoms with Crippen molar-refractivity contribution in [3.63, 3.8) is 0 Å². The van der Waals surface area contributed by atoms with E-state index in [9.17, 15) is 14.4 Å². The zero-order chi connectivity index (χ0) is 17.7. The van der Waals surface area contributed by atoms with E-state index in [1.807, 2.05) is 35.8 Å². The summed E-state index contributed by atoms with van der Waals surface area (Å²) in [5.41, 5.74) is 2.58. The molecule has 0 aliphatic carbocycles. The zero-order valence-corrected chi connectivity index (χ0v) is 14.2. The lowest BCUT2D eigenvalue weighted by Crippen LogP contribution is -2.39. The number of Topliss-reactive ketones (excluding diaryl/α,β-unsaturated/α-hetero) is 1. The van der Waals surface area contributed by atoms with E-state index in [4.69, 9.17) is 5.11 Å². The maximum Gasteiger partial charge on any atom is 0.303 e. The third-order valence-electron chi connectivity index (χ3n) is 4.40. The van der Waals surface area contributed by atoms with Crippen LogP contribution in [-0.4, -0.2) is 53.8 Å². The molecule has 6 nitrogen and oxygen atoms in total. The molecule has 0 aromatic heterocycles. The highest BCUT2D eigenvalue weighted by Gasteiger charge is 2.23. The number of amides is 1. The Bertz CT molecular complexity index is 638. The Hall–Kier alpha value is -2.37. The number of carbonyl (C=O) groups excluding carboxylic acids is 2. The number of carbonyl (C=O) groups is 3. The minimum absolute atomic E-state index is 0.0122. The summed E-state index contributed by atoms with van der Waals surface area (Å²) >= 11 is 0. The smallest absolute Gasteiger partial charge is 0.303 e. The Morgan fingerprint density at radius 1 is 1.17 bits per heavy atom. The Balaban J connectivity index is 2.06. The number of benzene rings is 1. The minimum atomic E-state index is -0.967. The van der Waals surface area contributed by atoms with Crippen LogP contribution in [0.3, 0.4) is 0 Å². The molecule has 0 bridgehead atoms. The number of fused-ring (bicyclic) bond motifs is 1. The van der Waals surface area contributed by atoms with Crippen molar-refractivity contribution in [2.45, 2.75) is 33.1 Å². The van der Waals surface area contributed by atoms with Crippen LogP contribution in [0.5, 0.6) is 0 Å². The highest BCUT2D eigenvalue weighted by Crippen LogP contribution is 2.29. The number of aliphatic carboxylic acids is 1. The molecule has 0 fully saturated rings. The Morgan fingerprint density at radius 3 is 2.50 bits per heavy atom. The first kappa shape index (κ1) is 18.0. The van der Waals surface area contributed by atoms with Gasteiger partial charge in [-0.15, -0.1) is 0 Å². The van der Waals surface area contributed by atoms with Crippen LogP contribution in [0.4, 0.5) is 5.69 Å². The van der Waals surface area contributed by atoms with E-state index in [0.29, 0.717) is 25.2 Å². The molecule has 1 aromatic carbocycles. The van der Waals surface area contributed by atoms with Gasteiger partial charge in [0.15, 0.2) is 5.78 Å². The summed E-state index contributed by atoms with van der Waals surface area (Å²) < 4.78 is 0. The van der Waals surface area contributed by atoms with Gasteiger partial charge in [-0.05, 0) is 44.0 Å². The van der Waals surface area contributed by atoms with Crippen molar-refractivity contribution in [2.75, 3.05) is 31.1 Å². The van der Waals surface area contributed by atoms with E-state index in [-0.39, 0.29) is 24.5 Å². The quantitative estimate of drug-likeness (QED) is 0.736. The highest BCUT2D eigenvalue weighted by atomic mass is 16.4. The molecule has 1 amide bonds. The Morgan fingerprint density at radius 2 is 1.88 bits per heavy atom. The number of nitrogens with zero attached hydrogens (tertiary/aromatic N) is 2. The standard InChI is InChI=1S/C18H24N2O4/c1-3-19(4-2)17(22)12-20-10-9-13-11-14(5-6-15(13)20)16(21)7-8-18(23)24/h5-6,11H,3-4,7-10,12H2,1-2H3,(H,23,24). The molecule has 1 N–H and O–H groups in total. The van der Waals surface area contributed by atoms with Gasteiger partial charge < -0.3 is 14.9 Å². The fourth-order valence-corrected chi connectivity index (χ4v) is 3.01. The summed E-state index contributed by atoms with van der Waals surface area (Å²) in [5, 5.41) is 8.67. The molecule has 130 valence electrons. The molecule has 6 heteroatoms. The van der Waals surface area contributed by atoms with E-state index in [1.165, 1.54) is 0 Å². The Kier molecular flexibility index (Phi) is 5.95. The van der Waals surface area contributed by atoms with Crippen molar-refractivity contribution < 1.29 is 19.5 Å². The van der Waals surface area contributed by atoms with Gasteiger partial charge in [0, 0.05) is 37.3 Å². The monoisotopic (exact) mass is 332 g/mol. The van der Waals surface area contributed by atoms with Gasteiger partial charge in [-0.25, -0.2) is 0 Å². The first-order chi connectivity index (χ1) is 11.5. The Labute approximate surface area is 142 Å². The number of hydrogen-bond donors (Lipinski definition) is 1. The maximum atomic E-state index is 12.3. The van der Waals surface area contributed by atoms with Crippen LogP contribution < -0.4 is 4.90 Å². The van der Waals surface area contributed by atoms with Crippen LogP contribution in [0.15, 0.2) is 18.2 Å². The van der Waals surface area contributed by atoms with Crippen molar-refractivity contribution in [1.29, 1.82) is 0 Å². The molecule has 0 spiro atoms. The number of hydrogen-bond acceptors (Lipinski definition) is 4. The van der Waals surface area contributed by atoms with E-state index in [1.54, 1.807) is 6.07 Å². The second kappa shape index (κ2) is 7.95. The molecular weight excluding hydrogens is 308 g/mol. The molecule has 1 aliphatic rings. The number of likely N-dealkylation sites (N-methyl/N-ethyl adjacent to an activating group) is 1. The predicted molar refractivity (Wildman–Crippen MR) is 91.5 cm³/mol. The predicted octanol–water partition coefficient (Wildman–Crippen LogP) is 1.96. The van der Waals surface area contributed by atoms with Crippen molar-refractivity contribution >= 4 is 23.3 Å². The molecule has 1 aliphatic heterocycles. The molecule has 1 heterocycles. The van der Waals surface area contributed by atoms with Crippen molar-refractivity contribution in [3.05, 3.63) is 29.3 Å². The first-order valence-corrected chi connectivity index (χ1v) is 8.36. The summed E-state index contributed by atoms with van der Waals surface area (Å²) in [7, 11) is 0. The molecule has 24 heavy (non-hydrogen) atoms. The average Bonchev–Trinajstić information content (AvgIpc) is 2.96. The van der Waals surface area contributed by atoms with Gasteiger partial charge in [0.05, 0.1) is 13.0 Å². The number of anilines is 1. The van der Waals surface area contributed by atoms with Gasteiger partial charge in [0.2, 0.25) is 5.91 Å². The fraction of sp³-hybridized carbons (Fsp3) is 0.500. The van der Waals surface area contributed by atoms with E-state index in [0.717, 1.165) is 24.2 Å². The van der Waals surface area contributed by atoms with Gasteiger partial charge in [0.25, 0.3) is 0 Å². The van der Waals surface area contributed by atoms with Crippen molar-refractivity contribution in [2.24, 2.45) is 0 Å². The summed E-state index contributed by atoms with van der Waals surface area (Å²) in [4.78, 5) is 38.7. The molecule has 1 aromatic rings. The van der Waals surface area contributed by atoms with E-state index in [2.05, 4.69) is 0 Å². The minimum Gasteiger partial charge on any atom is -0.481 e. The number of ketones is 1. The molecule has 0 radical (unpaired) electrons. The fourth-order valence-electron chi connectivity index (χ4n) is 3.01. The maximum absolute atomic E-state index is 12.3. The molecular formula is C18H24N2O4. The van der Waals surface area contributed by atoms with E-state index >= 15 is 0 Å². The molecule has 0 saturated carbocycles. The third kappa shape index (κ3) is 4.13. The van der Waals surface area contributed by atoms with Crippen LogP contribution in [0.25, 0.3) is 0 Å². The lowest BCUT2D eigenvalue weighted by molar-refractivity contribution is -0.137. The second-order valence-electron chi connectivity index (χ2n) is 5.90. The van der Waals surface area contributed by atoms with Gasteiger partial charge >= 0.3 is 5.97 Å². The average molecular weight is 332 g/mol. The number of rotatable bonds is 8. The lowest BCUT2D eigenvalue weighted by Gasteiger charge is -2.24. The molecule has 0 saturated heterocycles. The summed E-state index contributed by atoms with van der Waals surface area (Å²) in [6.07, 6.45) is 0.652. The summed E-state index contributed by atoms with van der Waals surface area (Å²) in [5.74, 6) is -1.02. The first-order valence-electron chi connectivity index (χ1n) is 8.36. The van der Waals surface area contributed by atoms with Gasteiger partial charge in [-0.2, -0.15) is 0 Å². The lowest BCUT2D eigenvalue weighted by atomic mass is 10.0. The molecule has 2 rings (SSSR count). The van der Waals surface area contributed by atoms with Crippen molar-refractivity contribution in [1.82, 2.24) is 4.90 Å². The topological polar surface area (TPSA) is 77.9 Å². The largest absolute Gasteiger partial charge is 0.481 e. The summed E-state index contributed by atoms with van der Waals surface area (Å²) in [6.45, 7) is 6.44. The highest BCUT2D eigenvalue weighted by molar-refractivity contribution is 5.98. The number of carboxylic acids is 1. The zero-order valence-electron chi connectivity index (χ0n) is 14.2.